The Bertz CT molecular complexity index is 766. The van der Waals surface area contributed by atoms with E-state index in [2.05, 4.69) is 14.8 Å². The van der Waals surface area contributed by atoms with E-state index in [0.717, 1.165) is 11.1 Å². The predicted molar refractivity (Wildman–Crippen MR) is 86.0 cm³/mol. The molecule has 0 saturated carbocycles. The van der Waals surface area contributed by atoms with Crippen molar-refractivity contribution in [2.75, 3.05) is 7.11 Å². The summed E-state index contributed by atoms with van der Waals surface area (Å²) in [5.74, 6) is -0.721. The largest absolute Gasteiger partial charge is 0.466 e. The Hall–Kier alpha value is -2.75. The minimum atomic E-state index is -0.721. The lowest BCUT2D eigenvalue weighted by molar-refractivity contribution is -0.136. The molecule has 0 N–H and O–H groups in total. The summed E-state index contributed by atoms with van der Waals surface area (Å²) < 4.78 is 4.55. The first kappa shape index (κ1) is 15.6. The molecule has 0 fully saturated rings. The normalized spacial score (nSPS) is 10.7. The topological polar surface area (TPSA) is 75.1 Å². The molecule has 22 heavy (non-hydrogen) atoms. The molecule has 0 bridgehead atoms. The maximum Gasteiger partial charge on any atom is 0.340 e. The fourth-order valence-corrected chi connectivity index (χ4v) is 2.12. The number of azide groups is 1. The first-order valence-corrected chi connectivity index (χ1v) is 6.73. The Morgan fingerprint density at radius 1 is 1.23 bits per heavy atom. The van der Waals surface area contributed by atoms with Crippen molar-refractivity contribution >= 4 is 23.6 Å². The number of ether oxygens (including phenoxy) is 1. The number of hydrogen-bond acceptors (Lipinski definition) is 3. The Balaban J connectivity index is 2.41. The van der Waals surface area contributed by atoms with E-state index in [4.69, 9.17) is 17.1 Å². The Morgan fingerprint density at radius 2 is 1.95 bits per heavy atom. The van der Waals surface area contributed by atoms with Crippen molar-refractivity contribution in [3.8, 4) is 11.1 Å². The van der Waals surface area contributed by atoms with Crippen LogP contribution >= 0.6 is 11.6 Å². The number of esters is 1. The lowest BCUT2D eigenvalue weighted by Crippen LogP contribution is -2.02. The third-order valence-electron chi connectivity index (χ3n) is 2.95. The highest BCUT2D eigenvalue weighted by Crippen LogP contribution is 2.27. The van der Waals surface area contributed by atoms with Crippen LogP contribution in [0.3, 0.4) is 0 Å². The molecule has 0 unspecified atom stereocenters. The molecule has 0 radical (unpaired) electrons. The van der Waals surface area contributed by atoms with E-state index in [9.17, 15) is 4.79 Å². The lowest BCUT2D eigenvalue weighted by atomic mass is 10.0. The van der Waals surface area contributed by atoms with Crippen molar-refractivity contribution in [3.05, 3.63) is 75.3 Å². The van der Waals surface area contributed by atoms with E-state index in [0.29, 0.717) is 10.6 Å². The first-order valence-electron chi connectivity index (χ1n) is 6.36. The van der Waals surface area contributed by atoms with Crippen molar-refractivity contribution in [1.29, 1.82) is 0 Å². The molecule has 0 aromatic heterocycles. The van der Waals surface area contributed by atoms with Gasteiger partial charge in [0.05, 0.1) is 7.11 Å². The zero-order valence-corrected chi connectivity index (χ0v) is 12.5. The van der Waals surface area contributed by atoms with Gasteiger partial charge >= 0.3 is 5.97 Å². The van der Waals surface area contributed by atoms with Crippen LogP contribution in [0.5, 0.6) is 0 Å². The average molecular weight is 314 g/mol. The van der Waals surface area contributed by atoms with E-state index in [1.165, 1.54) is 13.2 Å². The van der Waals surface area contributed by atoms with Crippen LogP contribution in [-0.2, 0) is 9.53 Å². The van der Waals surface area contributed by atoms with Gasteiger partial charge in [-0.15, -0.1) is 0 Å². The Labute approximate surface area is 132 Å². The van der Waals surface area contributed by atoms with Crippen molar-refractivity contribution in [2.45, 2.75) is 0 Å². The summed E-state index contributed by atoms with van der Waals surface area (Å²) in [6, 6.07) is 15.2. The molecule has 2 aromatic carbocycles. The molecule has 0 atom stereocenters. The van der Waals surface area contributed by atoms with Crippen LogP contribution in [0.2, 0.25) is 5.02 Å². The minimum absolute atomic E-state index is 0.153. The van der Waals surface area contributed by atoms with E-state index in [1.54, 1.807) is 12.1 Å². The summed E-state index contributed by atoms with van der Waals surface area (Å²) in [6.07, 6.45) is 1.39. The van der Waals surface area contributed by atoms with Gasteiger partial charge in [-0.25, -0.2) is 4.79 Å². The Kier molecular flexibility index (Phi) is 5.20. The van der Waals surface area contributed by atoms with Crippen LogP contribution in [0, 0.1) is 0 Å². The van der Waals surface area contributed by atoms with Crippen LogP contribution in [0.15, 0.2) is 59.3 Å². The summed E-state index contributed by atoms with van der Waals surface area (Å²) >= 11 is 6.24. The van der Waals surface area contributed by atoms with E-state index < -0.39 is 5.97 Å². The molecular weight excluding hydrogens is 302 g/mol. The summed E-state index contributed by atoms with van der Waals surface area (Å²) in [5.41, 5.74) is 10.9. The summed E-state index contributed by atoms with van der Waals surface area (Å²) in [5, 5.41) is 3.76. The van der Waals surface area contributed by atoms with Crippen LogP contribution in [0.1, 0.15) is 5.56 Å². The average Bonchev–Trinajstić information content (AvgIpc) is 2.56. The fraction of sp³-hybridized carbons (Fsp3) is 0.0625. The molecule has 0 saturated heterocycles. The highest BCUT2D eigenvalue weighted by molar-refractivity contribution is 6.32. The molecular formula is C16H12ClN3O2. The van der Waals surface area contributed by atoms with E-state index in [-0.39, 0.29) is 5.70 Å². The molecule has 0 aliphatic rings. The molecule has 0 aliphatic heterocycles. The van der Waals surface area contributed by atoms with E-state index >= 15 is 0 Å². The number of rotatable bonds is 4. The van der Waals surface area contributed by atoms with Gasteiger partial charge in [0.15, 0.2) is 0 Å². The SMILES string of the molecule is COC(=O)/C(=C/c1ccc(-c2ccccc2)cc1Cl)N=[N+]=[N-]. The number of methoxy groups -OCH3 is 1. The molecule has 0 heterocycles. The molecule has 0 aliphatic carbocycles. The predicted octanol–water partition coefficient (Wildman–Crippen LogP) is 4.83. The van der Waals surface area contributed by atoms with Gasteiger partial charge in [-0.05, 0) is 34.4 Å². The number of benzene rings is 2. The quantitative estimate of drug-likeness (QED) is 0.266. The van der Waals surface area contributed by atoms with Gasteiger partial charge in [0.2, 0.25) is 0 Å². The highest BCUT2D eigenvalue weighted by Gasteiger charge is 2.09. The van der Waals surface area contributed by atoms with Gasteiger partial charge < -0.3 is 4.74 Å². The number of carbonyl (C=O) groups is 1. The van der Waals surface area contributed by atoms with Gasteiger partial charge in [-0.3, -0.25) is 0 Å². The van der Waals surface area contributed by atoms with Crippen molar-refractivity contribution in [2.24, 2.45) is 5.11 Å². The first-order chi connectivity index (χ1) is 10.7. The van der Waals surface area contributed by atoms with Gasteiger partial charge in [0.25, 0.3) is 0 Å². The van der Waals surface area contributed by atoms with Crippen LogP contribution in [-0.4, -0.2) is 13.1 Å². The maximum absolute atomic E-state index is 11.5. The Morgan fingerprint density at radius 3 is 2.55 bits per heavy atom. The van der Waals surface area contributed by atoms with Crippen LogP contribution in [0.25, 0.3) is 27.6 Å². The summed E-state index contributed by atoms with van der Waals surface area (Å²) in [4.78, 5) is 14.1. The second kappa shape index (κ2) is 7.31. The molecule has 0 spiro atoms. The lowest BCUT2D eigenvalue weighted by Gasteiger charge is -2.05. The molecule has 2 rings (SSSR count). The highest BCUT2D eigenvalue weighted by atomic mass is 35.5. The zero-order chi connectivity index (χ0) is 15.9. The maximum atomic E-state index is 11.5. The zero-order valence-electron chi connectivity index (χ0n) is 11.7. The summed E-state index contributed by atoms with van der Waals surface area (Å²) in [6.45, 7) is 0. The summed E-state index contributed by atoms with van der Waals surface area (Å²) in [7, 11) is 1.21. The minimum Gasteiger partial charge on any atom is -0.466 e. The third-order valence-corrected chi connectivity index (χ3v) is 3.27. The molecule has 110 valence electrons. The second-order valence-electron chi connectivity index (χ2n) is 4.31. The van der Waals surface area contributed by atoms with Gasteiger partial charge in [0, 0.05) is 9.93 Å². The third kappa shape index (κ3) is 3.67. The smallest absolute Gasteiger partial charge is 0.340 e. The number of halogens is 1. The van der Waals surface area contributed by atoms with Crippen molar-refractivity contribution in [3.63, 3.8) is 0 Å². The van der Waals surface area contributed by atoms with Gasteiger partial charge in [-0.2, -0.15) is 0 Å². The number of hydrogen-bond donors (Lipinski definition) is 0. The second-order valence-corrected chi connectivity index (χ2v) is 4.72. The fourth-order valence-electron chi connectivity index (χ4n) is 1.88. The number of nitrogens with zero attached hydrogens (tertiary/aromatic N) is 3. The monoisotopic (exact) mass is 313 g/mol. The molecule has 6 heteroatoms. The standard InChI is InChI=1S/C16H12ClN3O2/c1-22-16(21)15(19-20-18)10-13-8-7-12(9-14(13)17)11-5-3-2-4-6-11/h2-10H,1H3/b15-10-. The molecule has 5 nitrogen and oxygen atoms in total. The van der Waals surface area contributed by atoms with Gasteiger partial charge in [0.1, 0.15) is 5.70 Å². The molecule has 2 aromatic rings. The van der Waals surface area contributed by atoms with Crippen molar-refractivity contribution in [1.82, 2.24) is 0 Å². The van der Waals surface area contributed by atoms with Gasteiger partial charge in [-0.1, -0.05) is 59.2 Å². The van der Waals surface area contributed by atoms with Crippen molar-refractivity contribution < 1.29 is 9.53 Å². The van der Waals surface area contributed by atoms with Crippen LogP contribution in [0.4, 0.5) is 0 Å². The number of carbonyl (C=O) groups excluding carboxylic acids is 1. The van der Waals surface area contributed by atoms with Crippen LogP contribution < -0.4 is 0 Å². The molecule has 0 amide bonds. The van der Waals surface area contributed by atoms with E-state index in [1.807, 2.05) is 36.4 Å².